The van der Waals surface area contributed by atoms with Gasteiger partial charge in [0.05, 0.1) is 13.2 Å². The molecule has 1 heterocycles. The van der Waals surface area contributed by atoms with Crippen LogP contribution >= 0.6 is 0 Å². The van der Waals surface area contributed by atoms with Crippen LogP contribution in [-0.4, -0.2) is 103 Å². The topological polar surface area (TPSA) is 66.5 Å². The summed E-state index contributed by atoms with van der Waals surface area (Å²) in [5, 5.41) is 1.02. The summed E-state index contributed by atoms with van der Waals surface area (Å²) in [6.45, 7) is 7.43. The van der Waals surface area contributed by atoms with Gasteiger partial charge in [-0.25, -0.2) is 0 Å². The van der Waals surface area contributed by atoms with Gasteiger partial charge in [-0.3, -0.25) is 0 Å². The van der Waals surface area contributed by atoms with Crippen LogP contribution in [0.5, 0.6) is 0 Å². The van der Waals surface area contributed by atoms with E-state index in [1.165, 1.54) is 0 Å². The van der Waals surface area contributed by atoms with Crippen molar-refractivity contribution in [1.29, 1.82) is 0 Å². The molecule has 0 N–H and O–H groups in total. The second-order valence-electron chi connectivity index (χ2n) is 7.57. The van der Waals surface area contributed by atoms with Crippen molar-refractivity contribution in [3.05, 3.63) is 0 Å². The molecule has 0 aromatic rings. The molecular weight excluding hydrogens is 399 g/mol. The summed E-state index contributed by atoms with van der Waals surface area (Å²) in [4.78, 5) is 14.1. The molecule has 1 saturated heterocycles. The number of hydrogen-bond acceptors (Lipinski definition) is 7. The van der Waals surface area contributed by atoms with Crippen LogP contribution in [0.1, 0.15) is 6.42 Å². The SMILES string of the molecule is [CH3][Ge]([CH3])([CH3])[CH2]CC(=O)OCCN1CCOCCOCCOCCOCC1. The minimum atomic E-state index is -1.67. The van der Waals surface area contributed by atoms with Crippen molar-refractivity contribution < 1.29 is 28.5 Å². The van der Waals surface area contributed by atoms with Gasteiger partial charge in [-0.1, -0.05) is 0 Å². The first kappa shape index (κ1) is 23.9. The van der Waals surface area contributed by atoms with Gasteiger partial charge in [-0.15, -0.1) is 0 Å². The average Bonchev–Trinajstić information content (AvgIpc) is 2.59. The summed E-state index contributed by atoms with van der Waals surface area (Å²) >= 11 is -1.67. The van der Waals surface area contributed by atoms with E-state index in [9.17, 15) is 4.79 Å². The number of esters is 1. The Morgan fingerprint density at radius 3 is 1.77 bits per heavy atom. The molecule has 1 rings (SSSR count). The van der Waals surface area contributed by atoms with Gasteiger partial charge < -0.3 is 9.47 Å². The molecule has 0 atom stereocenters. The molecule has 0 saturated carbocycles. The number of rotatable bonds is 6. The maximum atomic E-state index is 11.9. The number of nitrogens with zero attached hydrogens (tertiary/aromatic N) is 1. The van der Waals surface area contributed by atoms with Crippen LogP contribution < -0.4 is 0 Å². The number of carbonyl (C=O) groups is 1. The van der Waals surface area contributed by atoms with Crippen molar-refractivity contribution in [3.63, 3.8) is 0 Å². The molecule has 0 radical (unpaired) electrons. The molecule has 0 unspecified atom stereocenters. The van der Waals surface area contributed by atoms with E-state index < -0.39 is 13.3 Å². The zero-order valence-electron chi connectivity index (χ0n) is 16.8. The molecule has 0 amide bonds. The maximum absolute atomic E-state index is 11.9. The molecule has 0 aromatic carbocycles. The van der Waals surface area contributed by atoms with E-state index in [1.807, 2.05) is 0 Å². The summed E-state index contributed by atoms with van der Waals surface area (Å²) in [7, 11) is 0. The van der Waals surface area contributed by atoms with Gasteiger partial charge in [-0.2, -0.15) is 0 Å². The third kappa shape index (κ3) is 14.9. The molecule has 1 aliphatic heterocycles. The summed E-state index contributed by atoms with van der Waals surface area (Å²) in [5.41, 5.74) is 0. The Kier molecular flexibility index (Phi) is 13.6. The van der Waals surface area contributed by atoms with Crippen molar-refractivity contribution in [2.75, 3.05) is 79.1 Å². The van der Waals surface area contributed by atoms with Crippen molar-refractivity contribution >= 4 is 19.2 Å². The summed E-state index contributed by atoms with van der Waals surface area (Å²) < 4.78 is 27.4. The fourth-order valence-electron chi connectivity index (χ4n) is 2.32. The number of hydrogen-bond donors (Lipinski definition) is 0. The Labute approximate surface area is 161 Å². The molecule has 0 aromatic heterocycles. The molecule has 0 bridgehead atoms. The molecule has 0 spiro atoms. The van der Waals surface area contributed by atoms with Crippen LogP contribution in [0.15, 0.2) is 0 Å². The van der Waals surface area contributed by atoms with E-state index in [2.05, 4.69) is 22.2 Å². The second-order valence-corrected chi connectivity index (χ2v) is 19.4. The molecular formula is C18H37GeNO6. The second kappa shape index (κ2) is 14.8. The Balaban J connectivity index is 2.25. The Morgan fingerprint density at radius 2 is 1.31 bits per heavy atom. The van der Waals surface area contributed by atoms with Crippen LogP contribution in [-0.2, 0) is 28.5 Å². The number of ether oxygens (including phenoxy) is 5. The van der Waals surface area contributed by atoms with Crippen LogP contribution in [0.2, 0.25) is 22.5 Å². The average molecular weight is 436 g/mol. The van der Waals surface area contributed by atoms with Crippen LogP contribution in [0.25, 0.3) is 0 Å². The molecule has 1 aliphatic rings. The van der Waals surface area contributed by atoms with Gasteiger partial charge in [0.15, 0.2) is 0 Å². The normalized spacial score (nSPS) is 20.1. The summed E-state index contributed by atoms with van der Waals surface area (Å²) in [5.74, 6) is 6.86. The first-order chi connectivity index (χ1) is 12.5. The Bertz CT molecular complexity index is 348. The van der Waals surface area contributed by atoms with E-state index in [0.717, 1.165) is 18.3 Å². The van der Waals surface area contributed by atoms with Crippen LogP contribution in [0, 0.1) is 0 Å². The van der Waals surface area contributed by atoms with E-state index in [-0.39, 0.29) is 5.97 Å². The van der Waals surface area contributed by atoms with Crippen molar-refractivity contribution in [2.24, 2.45) is 0 Å². The molecule has 26 heavy (non-hydrogen) atoms. The van der Waals surface area contributed by atoms with Gasteiger partial charge in [0.2, 0.25) is 0 Å². The summed E-state index contributed by atoms with van der Waals surface area (Å²) in [6.07, 6.45) is 0.551. The Hall–Kier alpha value is -0.187. The van der Waals surface area contributed by atoms with E-state index in [1.54, 1.807) is 0 Å². The van der Waals surface area contributed by atoms with Gasteiger partial charge in [0.25, 0.3) is 0 Å². The molecule has 1 fully saturated rings. The third-order valence-electron chi connectivity index (χ3n) is 3.97. The summed E-state index contributed by atoms with van der Waals surface area (Å²) in [6, 6.07) is 0. The van der Waals surface area contributed by atoms with E-state index in [4.69, 9.17) is 23.7 Å². The predicted octanol–water partition coefficient (Wildman–Crippen LogP) is 1.64. The van der Waals surface area contributed by atoms with E-state index in [0.29, 0.717) is 72.4 Å². The zero-order chi connectivity index (χ0) is 19.1. The minimum absolute atomic E-state index is 0.0781. The molecule has 154 valence electrons. The van der Waals surface area contributed by atoms with E-state index >= 15 is 0 Å². The van der Waals surface area contributed by atoms with Crippen LogP contribution in [0.4, 0.5) is 0 Å². The predicted molar refractivity (Wildman–Crippen MR) is 103 cm³/mol. The third-order valence-corrected chi connectivity index (χ3v) is 7.64. The van der Waals surface area contributed by atoms with Crippen molar-refractivity contribution in [2.45, 2.75) is 28.9 Å². The number of carbonyl (C=O) groups excluding carboxylic acids is 1. The van der Waals surface area contributed by atoms with Crippen molar-refractivity contribution in [1.82, 2.24) is 4.90 Å². The fourth-order valence-corrected chi connectivity index (χ4v) is 4.32. The first-order valence-corrected chi connectivity index (χ1v) is 17.4. The monoisotopic (exact) mass is 437 g/mol. The fraction of sp³-hybridized carbons (Fsp3) is 0.944. The van der Waals surface area contributed by atoms with Crippen molar-refractivity contribution in [3.8, 4) is 0 Å². The van der Waals surface area contributed by atoms with Crippen LogP contribution in [0.3, 0.4) is 0 Å². The van der Waals surface area contributed by atoms with Gasteiger partial charge >= 0.3 is 138 Å². The van der Waals surface area contributed by atoms with Gasteiger partial charge in [-0.05, 0) is 0 Å². The first-order valence-electron chi connectivity index (χ1n) is 9.66. The molecule has 0 aliphatic carbocycles. The standard InChI is InChI=1S/C18H37GeNO6/c1-19(2,3)5-4-18(21)26-11-8-20-6-9-22-12-14-24-16-17-25-15-13-23-10-7-20/h4-17H2,1-3H3. The van der Waals surface area contributed by atoms with Gasteiger partial charge in [0.1, 0.15) is 0 Å². The zero-order valence-corrected chi connectivity index (χ0v) is 18.9. The molecule has 7 nitrogen and oxygen atoms in total. The quantitative estimate of drug-likeness (QED) is 0.464. The molecule has 8 heteroatoms. The van der Waals surface area contributed by atoms with Gasteiger partial charge in [0, 0.05) is 0 Å². The Morgan fingerprint density at radius 1 is 0.846 bits per heavy atom.